The van der Waals surface area contributed by atoms with Crippen LogP contribution in [0.1, 0.15) is 153 Å². The molecule has 0 rings (SSSR count). The molecule has 4 unspecified atom stereocenters. The van der Waals surface area contributed by atoms with E-state index in [1.807, 2.05) is 26.5 Å². The fraction of sp³-hybridized carbons (Fsp3) is 1.00. The molecule has 0 aliphatic rings. The van der Waals surface area contributed by atoms with Crippen molar-refractivity contribution in [2.24, 2.45) is 0 Å². The van der Waals surface area contributed by atoms with Gasteiger partial charge in [-0.25, -0.2) is 0 Å². The van der Waals surface area contributed by atoms with Crippen LogP contribution in [0.2, 0.25) is 11.0 Å². The Balaban J connectivity index is -0.0000000369. The van der Waals surface area contributed by atoms with Crippen molar-refractivity contribution in [3.63, 3.8) is 0 Å². The predicted octanol–water partition coefficient (Wildman–Crippen LogP) is 10.4. The Morgan fingerprint density at radius 2 is 0.957 bits per heavy atom. The van der Waals surface area contributed by atoms with E-state index < -0.39 is 41.2 Å². The van der Waals surface area contributed by atoms with Crippen LogP contribution in [0, 0.1) is 0 Å². The SMILES string of the molecule is C.C.C.C.C.C.C.C.C.C.C.C.C.C.C.C.CCOCC(C)OC[O][Ge]([CH3])[O]C.CO.COC(O)([CH2][Ge]([O]C)([O]C)[O]CCOCC(C)OCCOC(C)(OC)OC)OCOCC(C)OCCO.O. The normalized spacial score (nSPS) is 11.3. The van der Waals surface area contributed by atoms with Crippen molar-refractivity contribution in [3.8, 4) is 0 Å². The zero-order valence-electron chi connectivity index (χ0n) is 34.3. The standard InChI is InChI=1S/C22H48GeO14.C8H19GeO4.CH4O.16CH4.H2O/c1-19(34-12-13-35-21(3,26-4)27-5)15-31-11-14-37-23(29-7,30-8)17-22(25,28-6)36-18-32-16-20(2)33-10-9-24;1-5-11-6-8(2)12-7-13-9(3)10-4;1-2;;;;;;;;;;;;;;;;;/h19-20,24-25H,9-18H2,1-8H3;8H,5-7H2,1-4H3;2H,1H3;16*1H4;1H2. The molecule has 22 heteroatoms. The molecule has 453 valence electrons. The molecular formula is C47H137Ge2O20. The quantitative estimate of drug-likeness (QED) is 0.0308. The van der Waals surface area contributed by atoms with E-state index in [0.29, 0.717) is 26.6 Å². The predicted molar refractivity (Wildman–Crippen MR) is 303 cm³/mol. The Bertz CT molecular complexity index is 754. The first-order valence-corrected chi connectivity index (χ1v) is 24.7. The van der Waals surface area contributed by atoms with Crippen molar-refractivity contribution < 1.29 is 91.7 Å². The van der Waals surface area contributed by atoms with Crippen LogP contribution in [0.25, 0.3) is 0 Å². The fourth-order valence-electron chi connectivity index (χ4n) is 3.36. The van der Waals surface area contributed by atoms with Gasteiger partial charge >= 0.3 is 294 Å². The molecule has 5 N–H and O–H groups in total. The van der Waals surface area contributed by atoms with Crippen LogP contribution in [0.15, 0.2) is 0 Å². The molecule has 0 aromatic heterocycles. The van der Waals surface area contributed by atoms with E-state index in [0.717, 1.165) is 13.7 Å². The Labute approximate surface area is 443 Å². The topological polar surface area (TPSA) is 240 Å². The molecule has 4 atom stereocenters. The molecule has 0 saturated carbocycles. The zero-order valence-corrected chi connectivity index (χ0v) is 38.5. The third-order valence-electron chi connectivity index (χ3n) is 6.55. The molecule has 0 aliphatic carbocycles. The summed E-state index contributed by atoms with van der Waals surface area (Å²) in [5.41, 5.74) is 0. The Morgan fingerprint density at radius 3 is 1.35 bits per heavy atom. The first-order valence-electron chi connectivity index (χ1n) is 16.8. The maximum absolute atomic E-state index is 10.7. The molecule has 0 aromatic rings. The summed E-state index contributed by atoms with van der Waals surface area (Å²) in [7, 11) is 9.81. The molecule has 0 amide bonds. The fourth-order valence-corrected chi connectivity index (χ4v) is 8.25. The number of rotatable bonds is 34. The Kier molecular flexibility index (Phi) is 170. The van der Waals surface area contributed by atoms with E-state index in [-0.39, 0.29) is 194 Å². The number of aliphatic hydroxyl groups is 3. The van der Waals surface area contributed by atoms with E-state index in [9.17, 15) is 5.11 Å². The smallest absolute Gasteiger partial charge is 0.412 e. The second-order valence-electron chi connectivity index (χ2n) is 10.5. The van der Waals surface area contributed by atoms with E-state index in [1.165, 1.54) is 35.5 Å². The van der Waals surface area contributed by atoms with Gasteiger partial charge in [0.05, 0.1) is 0 Å². The molecular weight excluding hydrogens is 1030 g/mol. The van der Waals surface area contributed by atoms with Gasteiger partial charge in [0, 0.05) is 21.3 Å². The molecule has 0 aliphatic heterocycles. The summed E-state index contributed by atoms with van der Waals surface area (Å²) in [4.78, 5) is 0. The number of methoxy groups -OCH3 is 3. The van der Waals surface area contributed by atoms with Crippen molar-refractivity contribution in [2.75, 3.05) is 129 Å². The number of aliphatic hydroxyl groups excluding tert-OH is 2. The van der Waals surface area contributed by atoms with Crippen molar-refractivity contribution in [3.05, 3.63) is 0 Å². The molecule has 0 saturated heterocycles. The van der Waals surface area contributed by atoms with Gasteiger partial charge in [0.15, 0.2) is 0 Å². The minimum Gasteiger partial charge on any atom is -0.412 e. The van der Waals surface area contributed by atoms with Gasteiger partial charge in [-0.15, -0.1) is 0 Å². The molecule has 1 radical (unpaired) electrons. The van der Waals surface area contributed by atoms with Gasteiger partial charge in [0.25, 0.3) is 0 Å². The second-order valence-corrected chi connectivity index (χ2v) is 20.0. The van der Waals surface area contributed by atoms with Crippen molar-refractivity contribution in [1.29, 1.82) is 0 Å². The Hall–Kier alpha value is 0.286. The molecule has 69 heavy (non-hydrogen) atoms. The monoisotopic (exact) mass is 1170 g/mol. The molecule has 0 fully saturated rings. The number of ether oxygens (including phenoxy) is 11. The van der Waals surface area contributed by atoms with Gasteiger partial charge in [0.2, 0.25) is 0 Å². The maximum atomic E-state index is 10.7. The van der Waals surface area contributed by atoms with Gasteiger partial charge in [-0.2, -0.15) is 0 Å². The third kappa shape index (κ3) is 77.3. The minimum absolute atomic E-state index is 0. The van der Waals surface area contributed by atoms with Crippen molar-refractivity contribution >= 4 is 29.3 Å². The van der Waals surface area contributed by atoms with Gasteiger partial charge in [-0.05, 0) is 0 Å². The molecule has 0 bridgehead atoms. The van der Waals surface area contributed by atoms with E-state index >= 15 is 0 Å². The van der Waals surface area contributed by atoms with Gasteiger partial charge in [-0.1, -0.05) is 119 Å². The molecule has 0 spiro atoms. The van der Waals surface area contributed by atoms with Crippen molar-refractivity contribution in [1.82, 2.24) is 0 Å². The van der Waals surface area contributed by atoms with Gasteiger partial charge < -0.3 is 10.6 Å². The zero-order chi connectivity index (χ0) is 40.3. The minimum atomic E-state index is -3.98. The average molecular weight is 1170 g/mol. The third-order valence-corrected chi connectivity index (χ3v) is 14.7. The summed E-state index contributed by atoms with van der Waals surface area (Å²) >= 11 is -5.66. The van der Waals surface area contributed by atoms with Crippen LogP contribution in [0.4, 0.5) is 0 Å². The summed E-state index contributed by atoms with van der Waals surface area (Å²) < 4.78 is 85.9. The molecule has 0 heterocycles. The van der Waals surface area contributed by atoms with Crippen LogP contribution in [-0.4, -0.2) is 210 Å². The van der Waals surface area contributed by atoms with E-state index in [2.05, 4.69) is 0 Å². The van der Waals surface area contributed by atoms with Crippen molar-refractivity contribution in [2.45, 2.75) is 195 Å². The summed E-state index contributed by atoms with van der Waals surface area (Å²) in [6, 6.07) is 0. The van der Waals surface area contributed by atoms with Crippen LogP contribution in [0.3, 0.4) is 0 Å². The largest absolute Gasteiger partial charge is 0.412 e. The van der Waals surface area contributed by atoms with Crippen LogP contribution in [-0.2, 0) is 70.9 Å². The van der Waals surface area contributed by atoms with Crippen LogP contribution < -0.4 is 0 Å². The van der Waals surface area contributed by atoms with Crippen LogP contribution in [0.5, 0.6) is 0 Å². The Morgan fingerprint density at radius 1 is 0.536 bits per heavy atom. The van der Waals surface area contributed by atoms with Crippen LogP contribution >= 0.6 is 0 Å². The summed E-state index contributed by atoms with van der Waals surface area (Å²) in [6.45, 7) is 12.3. The summed E-state index contributed by atoms with van der Waals surface area (Å²) in [6.07, 6.45) is -0.351. The molecule has 20 nitrogen and oxygen atoms in total. The number of hydrogen-bond acceptors (Lipinski definition) is 19. The molecule has 0 aromatic carbocycles. The number of hydrogen-bond donors (Lipinski definition) is 3. The second kappa shape index (κ2) is 88.0. The van der Waals surface area contributed by atoms with Gasteiger partial charge in [-0.3, -0.25) is 0 Å². The maximum Gasteiger partial charge on any atom is -0.412 e. The summed E-state index contributed by atoms with van der Waals surface area (Å²) in [5, 5.41) is 26.3. The van der Waals surface area contributed by atoms with E-state index in [1.54, 1.807) is 21.0 Å². The first kappa shape index (κ1) is 133. The summed E-state index contributed by atoms with van der Waals surface area (Å²) in [5.74, 6) is -1.17. The first-order chi connectivity index (χ1) is 24.8. The average Bonchev–Trinajstić information content (AvgIpc) is 3.16. The van der Waals surface area contributed by atoms with E-state index in [4.69, 9.17) is 81.1 Å². The van der Waals surface area contributed by atoms with Gasteiger partial charge in [0.1, 0.15) is 0 Å².